The van der Waals surface area contributed by atoms with Crippen molar-refractivity contribution in [3.05, 3.63) is 15.6 Å². The van der Waals surface area contributed by atoms with E-state index in [0.29, 0.717) is 6.04 Å². The first-order valence-corrected chi connectivity index (χ1v) is 7.95. The van der Waals surface area contributed by atoms with E-state index < -0.39 is 0 Å². The van der Waals surface area contributed by atoms with Crippen LogP contribution in [-0.2, 0) is 10.2 Å². The average molecular weight is 282 g/mol. The van der Waals surface area contributed by atoms with Gasteiger partial charge in [-0.05, 0) is 31.1 Å². The number of rotatable bonds is 6. The summed E-state index contributed by atoms with van der Waals surface area (Å²) in [4.78, 5) is 6.25. The van der Waals surface area contributed by atoms with Crippen LogP contribution in [0.25, 0.3) is 0 Å². The molecule has 1 aliphatic carbocycles. The van der Waals surface area contributed by atoms with Gasteiger partial charge in [0, 0.05) is 18.5 Å². The van der Waals surface area contributed by atoms with Gasteiger partial charge in [0.15, 0.2) is 0 Å². The Hall–Kier alpha value is -0.450. The third kappa shape index (κ3) is 3.77. The van der Waals surface area contributed by atoms with Gasteiger partial charge in [-0.3, -0.25) is 0 Å². The molecule has 1 heterocycles. The van der Waals surface area contributed by atoms with Gasteiger partial charge in [-0.25, -0.2) is 4.98 Å². The summed E-state index contributed by atoms with van der Waals surface area (Å²) in [6, 6.07) is 0.426. The third-order valence-corrected chi connectivity index (χ3v) is 5.19. The molecule has 0 saturated heterocycles. The number of hydrogen-bond donors (Lipinski definition) is 1. The number of aromatic nitrogens is 1. The van der Waals surface area contributed by atoms with Gasteiger partial charge < -0.3 is 10.1 Å². The molecule has 1 aliphatic rings. The molecule has 0 bridgehead atoms. The molecule has 108 valence electrons. The number of methoxy groups -OCH3 is 1. The molecule has 0 amide bonds. The van der Waals surface area contributed by atoms with Crippen LogP contribution in [0.3, 0.4) is 0 Å². The topological polar surface area (TPSA) is 34.1 Å². The molecule has 4 heteroatoms. The van der Waals surface area contributed by atoms with E-state index in [0.717, 1.165) is 19.1 Å². The Morgan fingerprint density at radius 2 is 2.11 bits per heavy atom. The molecule has 1 N–H and O–H groups in total. The van der Waals surface area contributed by atoms with Gasteiger partial charge in [-0.15, -0.1) is 11.3 Å². The molecule has 2 rings (SSSR count). The highest BCUT2D eigenvalue weighted by atomic mass is 32.1. The third-order valence-electron chi connectivity index (χ3n) is 3.52. The van der Waals surface area contributed by atoms with Crippen molar-refractivity contribution in [2.45, 2.75) is 52.0 Å². The van der Waals surface area contributed by atoms with Crippen molar-refractivity contribution in [3.8, 4) is 0 Å². The van der Waals surface area contributed by atoms with Gasteiger partial charge in [0.2, 0.25) is 0 Å². The summed E-state index contributed by atoms with van der Waals surface area (Å²) in [6.07, 6.45) is 2.66. The van der Waals surface area contributed by atoms with Gasteiger partial charge in [0.1, 0.15) is 5.01 Å². The number of nitrogens with one attached hydrogen (secondary N) is 1. The molecule has 0 radical (unpaired) electrons. The van der Waals surface area contributed by atoms with E-state index in [2.05, 4.69) is 33.0 Å². The molecule has 1 saturated carbocycles. The van der Waals surface area contributed by atoms with Crippen molar-refractivity contribution < 1.29 is 4.74 Å². The largest absolute Gasteiger partial charge is 0.383 e. The van der Waals surface area contributed by atoms with E-state index >= 15 is 0 Å². The Morgan fingerprint density at radius 3 is 2.58 bits per heavy atom. The minimum atomic E-state index is 0.195. The zero-order valence-electron chi connectivity index (χ0n) is 12.7. The highest BCUT2D eigenvalue weighted by Crippen LogP contribution is 2.43. The van der Waals surface area contributed by atoms with Crippen LogP contribution in [0, 0.1) is 12.8 Å². The van der Waals surface area contributed by atoms with Crippen molar-refractivity contribution in [3.63, 3.8) is 0 Å². The van der Waals surface area contributed by atoms with Crippen LogP contribution in [0.15, 0.2) is 0 Å². The second-order valence-corrected chi connectivity index (χ2v) is 7.51. The molecule has 1 aromatic heterocycles. The zero-order chi connectivity index (χ0) is 14.0. The van der Waals surface area contributed by atoms with Crippen molar-refractivity contribution in [2.75, 3.05) is 20.3 Å². The molecule has 1 unspecified atom stereocenters. The van der Waals surface area contributed by atoms with E-state index in [9.17, 15) is 0 Å². The summed E-state index contributed by atoms with van der Waals surface area (Å²) < 4.78 is 5.13. The van der Waals surface area contributed by atoms with Gasteiger partial charge in [-0.2, -0.15) is 0 Å². The summed E-state index contributed by atoms with van der Waals surface area (Å²) in [5.41, 5.74) is 1.40. The van der Waals surface area contributed by atoms with Gasteiger partial charge in [0.25, 0.3) is 0 Å². The van der Waals surface area contributed by atoms with Crippen LogP contribution in [0.2, 0.25) is 0 Å². The van der Waals surface area contributed by atoms with Crippen molar-refractivity contribution >= 4 is 11.3 Å². The number of aryl methyl sites for hydroxylation is 1. The number of nitrogens with zero attached hydrogens (tertiary/aromatic N) is 1. The lowest BCUT2D eigenvalue weighted by Gasteiger charge is -2.17. The molecule has 1 atom stereocenters. The lowest BCUT2D eigenvalue weighted by Crippen LogP contribution is -2.26. The van der Waals surface area contributed by atoms with Crippen molar-refractivity contribution in [1.29, 1.82) is 0 Å². The van der Waals surface area contributed by atoms with Gasteiger partial charge in [0.05, 0.1) is 18.3 Å². The van der Waals surface area contributed by atoms with E-state index in [4.69, 9.17) is 9.72 Å². The molecular formula is C15H26N2OS. The Bertz CT molecular complexity index is 418. The zero-order valence-corrected chi connectivity index (χ0v) is 13.6. The molecule has 0 aliphatic heterocycles. The Morgan fingerprint density at radius 1 is 1.42 bits per heavy atom. The monoisotopic (exact) mass is 282 g/mol. The Labute approximate surface area is 120 Å². The summed E-state index contributed by atoms with van der Waals surface area (Å²) in [5, 5.41) is 4.88. The van der Waals surface area contributed by atoms with Crippen LogP contribution in [0.4, 0.5) is 0 Å². The fraction of sp³-hybridized carbons (Fsp3) is 0.800. The smallest absolute Gasteiger partial charge is 0.110 e. The van der Waals surface area contributed by atoms with E-state index in [1.54, 1.807) is 7.11 Å². The molecule has 1 aromatic rings. The normalized spacial score (nSPS) is 17.7. The van der Waals surface area contributed by atoms with Gasteiger partial charge >= 0.3 is 0 Å². The summed E-state index contributed by atoms with van der Waals surface area (Å²) >= 11 is 1.89. The van der Waals surface area contributed by atoms with E-state index in [-0.39, 0.29) is 5.41 Å². The van der Waals surface area contributed by atoms with Crippen LogP contribution < -0.4 is 5.32 Å². The average Bonchev–Trinajstić information content (AvgIpc) is 3.06. The predicted octanol–water partition coefficient (Wildman–Crippen LogP) is 3.44. The minimum absolute atomic E-state index is 0.195. The lowest BCUT2D eigenvalue weighted by atomic mass is 9.93. The van der Waals surface area contributed by atoms with Gasteiger partial charge in [-0.1, -0.05) is 20.8 Å². The molecule has 0 aromatic carbocycles. The summed E-state index contributed by atoms with van der Waals surface area (Å²) in [7, 11) is 1.75. The first kappa shape index (κ1) is 14.9. The van der Waals surface area contributed by atoms with Crippen molar-refractivity contribution in [1.82, 2.24) is 10.3 Å². The van der Waals surface area contributed by atoms with E-state index in [1.807, 2.05) is 11.3 Å². The predicted molar refractivity (Wildman–Crippen MR) is 80.9 cm³/mol. The fourth-order valence-electron chi connectivity index (χ4n) is 2.45. The number of ether oxygens (including phenoxy) is 1. The maximum Gasteiger partial charge on any atom is 0.110 e. The Kier molecular flexibility index (Phi) is 4.64. The molecule has 19 heavy (non-hydrogen) atoms. The second kappa shape index (κ2) is 5.90. The van der Waals surface area contributed by atoms with Crippen molar-refractivity contribution in [2.24, 2.45) is 5.92 Å². The number of hydrogen-bond acceptors (Lipinski definition) is 4. The minimum Gasteiger partial charge on any atom is -0.383 e. The second-order valence-electron chi connectivity index (χ2n) is 6.48. The molecule has 3 nitrogen and oxygen atoms in total. The van der Waals surface area contributed by atoms with Crippen LogP contribution >= 0.6 is 11.3 Å². The highest BCUT2D eigenvalue weighted by molar-refractivity contribution is 7.12. The maximum atomic E-state index is 5.13. The summed E-state index contributed by atoms with van der Waals surface area (Å²) in [5.74, 6) is 0.773. The van der Waals surface area contributed by atoms with Crippen LogP contribution in [0.1, 0.15) is 55.2 Å². The first-order chi connectivity index (χ1) is 8.93. The van der Waals surface area contributed by atoms with E-state index in [1.165, 1.54) is 28.4 Å². The molecular weight excluding hydrogens is 256 g/mol. The molecule has 0 spiro atoms. The Balaban J connectivity index is 2.13. The van der Waals surface area contributed by atoms with Crippen LogP contribution in [0.5, 0.6) is 0 Å². The number of thiazole rings is 1. The standard InChI is InChI=1S/C15H26N2OS/c1-10-13(15(2,3)4)19-14(17-10)12(11-6-7-11)16-8-9-18-5/h11-12,16H,6-9H2,1-5H3. The quantitative estimate of drug-likeness (QED) is 0.812. The highest BCUT2D eigenvalue weighted by Gasteiger charge is 2.35. The van der Waals surface area contributed by atoms with Crippen LogP contribution in [-0.4, -0.2) is 25.2 Å². The first-order valence-electron chi connectivity index (χ1n) is 7.13. The maximum absolute atomic E-state index is 5.13. The molecule has 1 fully saturated rings. The summed E-state index contributed by atoms with van der Waals surface area (Å²) in [6.45, 7) is 10.6. The lowest BCUT2D eigenvalue weighted by molar-refractivity contribution is 0.194. The fourth-order valence-corrected chi connectivity index (χ4v) is 3.74. The SMILES string of the molecule is COCCNC(c1nc(C)c(C(C)(C)C)s1)C1CC1.